The molecule has 1 nitrogen and oxygen atoms in total. The molecule has 17 heavy (non-hydrogen) atoms. The van der Waals surface area contributed by atoms with Crippen molar-refractivity contribution in [1.29, 1.82) is 0 Å². The van der Waals surface area contributed by atoms with Crippen molar-refractivity contribution >= 4 is 0 Å². The van der Waals surface area contributed by atoms with Crippen LogP contribution in [0.3, 0.4) is 0 Å². The monoisotopic (exact) mass is 230 g/mol. The van der Waals surface area contributed by atoms with E-state index in [1.807, 2.05) is 6.92 Å². The third kappa shape index (κ3) is 2.40. The first kappa shape index (κ1) is 11.3. The molecule has 0 saturated heterocycles. The van der Waals surface area contributed by atoms with E-state index >= 15 is 0 Å². The maximum Gasteiger partial charge on any atom is 0.0871 e. The Bertz CT molecular complexity index is 400. The van der Waals surface area contributed by atoms with Crippen molar-refractivity contribution in [2.24, 2.45) is 5.92 Å². The van der Waals surface area contributed by atoms with Gasteiger partial charge < -0.3 is 5.11 Å². The maximum atomic E-state index is 10.6. The number of hydrogen-bond acceptors (Lipinski definition) is 1. The summed E-state index contributed by atoms with van der Waals surface area (Å²) in [7, 11) is 0. The highest BCUT2D eigenvalue weighted by atomic mass is 16.3. The fourth-order valence-electron chi connectivity index (χ4n) is 2.87. The van der Waals surface area contributed by atoms with E-state index in [2.05, 4.69) is 24.3 Å². The van der Waals surface area contributed by atoms with Gasteiger partial charge in [-0.25, -0.2) is 0 Å². The molecule has 0 radical (unpaired) electrons. The van der Waals surface area contributed by atoms with Crippen LogP contribution in [0, 0.1) is 5.92 Å². The van der Waals surface area contributed by atoms with Crippen LogP contribution in [0.25, 0.3) is 0 Å². The summed E-state index contributed by atoms with van der Waals surface area (Å²) >= 11 is 0. The van der Waals surface area contributed by atoms with E-state index in [1.165, 1.54) is 37.7 Å². The highest BCUT2D eigenvalue weighted by Gasteiger charge is 2.33. The normalized spacial score (nSPS) is 24.1. The molecule has 1 N–H and O–H groups in total. The Morgan fingerprint density at radius 3 is 2.59 bits per heavy atom. The van der Waals surface area contributed by atoms with Crippen molar-refractivity contribution < 1.29 is 5.11 Å². The van der Waals surface area contributed by atoms with Gasteiger partial charge in [0, 0.05) is 0 Å². The number of benzene rings is 1. The third-order valence-electron chi connectivity index (χ3n) is 4.47. The van der Waals surface area contributed by atoms with Gasteiger partial charge in [0.2, 0.25) is 0 Å². The summed E-state index contributed by atoms with van der Waals surface area (Å²) in [6, 6.07) is 8.67. The third-order valence-corrected chi connectivity index (χ3v) is 4.47. The maximum absolute atomic E-state index is 10.6. The molecule has 92 valence electrons. The summed E-state index contributed by atoms with van der Waals surface area (Å²) in [5, 5.41) is 10.6. The van der Waals surface area contributed by atoms with Crippen molar-refractivity contribution in [3.05, 3.63) is 35.4 Å². The molecule has 1 unspecified atom stereocenters. The van der Waals surface area contributed by atoms with Gasteiger partial charge in [0.25, 0.3) is 0 Å². The van der Waals surface area contributed by atoms with E-state index in [-0.39, 0.29) is 0 Å². The zero-order valence-corrected chi connectivity index (χ0v) is 10.7. The predicted octanol–water partition coefficient (Wildman–Crippen LogP) is 3.96. The molecule has 2 fully saturated rings. The van der Waals surface area contributed by atoms with Crippen LogP contribution in [0.1, 0.15) is 62.5 Å². The van der Waals surface area contributed by atoms with E-state index in [9.17, 15) is 5.11 Å². The molecule has 0 aliphatic heterocycles. The molecule has 0 spiro atoms. The van der Waals surface area contributed by atoms with Crippen LogP contribution < -0.4 is 0 Å². The number of rotatable bonds is 4. The average Bonchev–Trinajstić information content (AvgIpc) is 2.99. The standard InChI is InChI=1S/C16H22O/c1-16(17,11-12-8-9-12)15-7-3-6-14(10-15)13-4-2-5-13/h3,6-7,10,12-13,17H,2,4-5,8-9,11H2,1H3. The zero-order chi connectivity index (χ0) is 11.9. The molecule has 0 amide bonds. The Hall–Kier alpha value is -0.820. The van der Waals surface area contributed by atoms with Crippen molar-refractivity contribution in [3.8, 4) is 0 Å². The summed E-state index contributed by atoms with van der Waals surface area (Å²) < 4.78 is 0. The lowest BCUT2D eigenvalue weighted by Crippen LogP contribution is -2.22. The van der Waals surface area contributed by atoms with Crippen LogP contribution in [-0.4, -0.2) is 5.11 Å². The lowest BCUT2D eigenvalue weighted by Gasteiger charge is -2.29. The second-order valence-electron chi connectivity index (χ2n) is 6.17. The van der Waals surface area contributed by atoms with E-state index < -0.39 is 5.60 Å². The topological polar surface area (TPSA) is 20.2 Å². The molecule has 1 aromatic rings. The smallest absolute Gasteiger partial charge is 0.0871 e. The van der Waals surface area contributed by atoms with Crippen LogP contribution in [0.15, 0.2) is 24.3 Å². The average molecular weight is 230 g/mol. The largest absolute Gasteiger partial charge is 0.385 e. The first-order valence-corrected chi connectivity index (χ1v) is 6.98. The molecular formula is C16H22O. The molecule has 0 aromatic heterocycles. The van der Waals surface area contributed by atoms with Crippen LogP contribution >= 0.6 is 0 Å². The molecule has 0 bridgehead atoms. The minimum Gasteiger partial charge on any atom is -0.385 e. The minimum absolute atomic E-state index is 0.624. The Kier molecular flexibility index (Phi) is 2.74. The van der Waals surface area contributed by atoms with Gasteiger partial charge in [-0.05, 0) is 49.1 Å². The molecule has 2 saturated carbocycles. The fraction of sp³-hybridized carbons (Fsp3) is 0.625. The zero-order valence-electron chi connectivity index (χ0n) is 10.7. The Balaban J connectivity index is 1.80. The highest BCUT2D eigenvalue weighted by Crippen LogP contribution is 2.42. The summed E-state index contributed by atoms with van der Waals surface area (Å²) in [6.45, 7) is 1.98. The summed E-state index contributed by atoms with van der Waals surface area (Å²) in [5.41, 5.74) is 1.93. The fourth-order valence-corrected chi connectivity index (χ4v) is 2.87. The second-order valence-corrected chi connectivity index (χ2v) is 6.17. The van der Waals surface area contributed by atoms with Gasteiger partial charge in [-0.15, -0.1) is 0 Å². The minimum atomic E-state index is -0.624. The molecule has 1 aromatic carbocycles. The van der Waals surface area contributed by atoms with Gasteiger partial charge in [-0.1, -0.05) is 43.5 Å². The van der Waals surface area contributed by atoms with Gasteiger partial charge in [-0.3, -0.25) is 0 Å². The SMILES string of the molecule is CC(O)(CC1CC1)c1cccc(C2CCC2)c1. The van der Waals surface area contributed by atoms with Crippen LogP contribution in [0.4, 0.5) is 0 Å². The van der Waals surface area contributed by atoms with Gasteiger partial charge in [0.15, 0.2) is 0 Å². The lowest BCUT2D eigenvalue weighted by atomic mass is 9.78. The highest BCUT2D eigenvalue weighted by molar-refractivity contribution is 5.31. The first-order valence-electron chi connectivity index (χ1n) is 6.98. The van der Waals surface area contributed by atoms with E-state index in [0.717, 1.165) is 23.8 Å². The van der Waals surface area contributed by atoms with Crippen molar-refractivity contribution in [2.75, 3.05) is 0 Å². The van der Waals surface area contributed by atoms with E-state index in [0.29, 0.717) is 0 Å². The van der Waals surface area contributed by atoms with Crippen molar-refractivity contribution in [1.82, 2.24) is 0 Å². The van der Waals surface area contributed by atoms with E-state index in [4.69, 9.17) is 0 Å². The molecule has 2 aliphatic carbocycles. The van der Waals surface area contributed by atoms with Crippen LogP contribution in [0.2, 0.25) is 0 Å². The van der Waals surface area contributed by atoms with Gasteiger partial charge in [0.1, 0.15) is 0 Å². The Labute approximate surface area is 104 Å². The van der Waals surface area contributed by atoms with Crippen LogP contribution in [0.5, 0.6) is 0 Å². The van der Waals surface area contributed by atoms with Crippen molar-refractivity contribution in [2.45, 2.75) is 57.0 Å². The van der Waals surface area contributed by atoms with Crippen LogP contribution in [-0.2, 0) is 5.60 Å². The Morgan fingerprint density at radius 2 is 2.00 bits per heavy atom. The quantitative estimate of drug-likeness (QED) is 0.830. The van der Waals surface area contributed by atoms with Crippen molar-refractivity contribution in [3.63, 3.8) is 0 Å². The summed E-state index contributed by atoms with van der Waals surface area (Å²) in [4.78, 5) is 0. The molecule has 0 heterocycles. The number of hydrogen-bond donors (Lipinski definition) is 1. The summed E-state index contributed by atoms with van der Waals surface area (Å²) in [5.74, 6) is 1.52. The van der Waals surface area contributed by atoms with Gasteiger partial charge in [0.05, 0.1) is 5.60 Å². The Morgan fingerprint density at radius 1 is 1.24 bits per heavy atom. The van der Waals surface area contributed by atoms with Gasteiger partial charge in [-0.2, -0.15) is 0 Å². The predicted molar refractivity (Wildman–Crippen MR) is 69.9 cm³/mol. The first-order chi connectivity index (χ1) is 8.15. The molecular weight excluding hydrogens is 208 g/mol. The second kappa shape index (κ2) is 4.13. The molecule has 3 rings (SSSR count). The summed E-state index contributed by atoms with van der Waals surface area (Å²) in [6.07, 6.45) is 7.56. The van der Waals surface area contributed by atoms with Gasteiger partial charge >= 0.3 is 0 Å². The molecule has 2 aliphatic rings. The molecule has 1 heteroatoms. The number of aliphatic hydroxyl groups is 1. The van der Waals surface area contributed by atoms with E-state index in [1.54, 1.807) is 0 Å². The lowest BCUT2D eigenvalue weighted by molar-refractivity contribution is 0.0416. The molecule has 1 atom stereocenters.